The minimum atomic E-state index is -4.93. The largest absolute Gasteiger partial charge is 0.476 e. The molecule has 2 saturated heterocycles. The van der Waals surface area contributed by atoms with Crippen molar-refractivity contribution in [2.45, 2.75) is 12.7 Å². The quantitative estimate of drug-likeness (QED) is 0.491. The van der Waals surface area contributed by atoms with Crippen molar-refractivity contribution in [2.75, 3.05) is 26.2 Å². The van der Waals surface area contributed by atoms with E-state index in [1.165, 1.54) is 4.90 Å². The van der Waals surface area contributed by atoms with Crippen LogP contribution in [0.25, 0.3) is 0 Å². The van der Waals surface area contributed by atoms with Gasteiger partial charge >= 0.3 is 18.2 Å². The maximum Gasteiger partial charge on any atom is 0.420 e. The number of alkyl halides is 3. The van der Waals surface area contributed by atoms with Crippen molar-refractivity contribution in [1.29, 1.82) is 0 Å². The number of likely N-dealkylation sites (tertiary alicyclic amines) is 2. The van der Waals surface area contributed by atoms with Gasteiger partial charge in [0.15, 0.2) is 5.69 Å². The highest BCUT2D eigenvalue weighted by Crippen LogP contribution is 2.34. The number of aromatic carboxylic acids is 1. The molecule has 1 aromatic heterocycles. The van der Waals surface area contributed by atoms with Crippen LogP contribution >= 0.6 is 11.6 Å². The molecule has 2 aliphatic heterocycles. The summed E-state index contributed by atoms with van der Waals surface area (Å²) in [4.78, 5) is 27.7. The van der Waals surface area contributed by atoms with Crippen LogP contribution in [0.4, 0.5) is 18.0 Å². The van der Waals surface area contributed by atoms with Gasteiger partial charge < -0.3 is 14.7 Å². The van der Waals surface area contributed by atoms with Gasteiger partial charge in [-0.15, -0.1) is 0 Å². The lowest BCUT2D eigenvalue weighted by molar-refractivity contribution is -0.138. The molecule has 2 aliphatic rings. The van der Waals surface area contributed by atoms with Gasteiger partial charge in [-0.05, 0) is 53.8 Å². The first kappa shape index (κ1) is 25.1. The Morgan fingerprint density at radius 1 is 1.03 bits per heavy atom. The molecular weight excluding hydrogens is 513 g/mol. The molecular formula is C25H22ClF3N4O4. The van der Waals surface area contributed by atoms with Crippen LogP contribution in [0.15, 0.2) is 54.7 Å². The molecule has 5 rings (SSSR count). The smallest absolute Gasteiger partial charge is 0.420 e. The Balaban J connectivity index is 1.19. The lowest BCUT2D eigenvalue weighted by atomic mass is 10.0. The molecule has 0 saturated carbocycles. The molecule has 2 atom stereocenters. The Morgan fingerprint density at radius 3 is 2.30 bits per heavy atom. The molecule has 2 aromatic carbocycles. The summed E-state index contributed by atoms with van der Waals surface area (Å²) < 4.78 is 45.9. The average Bonchev–Trinajstić information content (AvgIpc) is 3.54. The Kier molecular flexibility index (Phi) is 6.59. The van der Waals surface area contributed by atoms with Crippen molar-refractivity contribution in [3.8, 4) is 11.5 Å². The summed E-state index contributed by atoms with van der Waals surface area (Å²) in [7, 11) is 0. The Bertz CT molecular complexity index is 1310. The Morgan fingerprint density at radius 2 is 1.70 bits per heavy atom. The van der Waals surface area contributed by atoms with E-state index < -0.39 is 29.4 Å². The lowest BCUT2D eigenvalue weighted by Gasteiger charge is -2.21. The molecule has 0 bridgehead atoms. The predicted molar refractivity (Wildman–Crippen MR) is 127 cm³/mol. The van der Waals surface area contributed by atoms with E-state index in [0.717, 1.165) is 18.7 Å². The number of aromatic nitrogens is 2. The second-order valence-corrected chi connectivity index (χ2v) is 9.68. The van der Waals surface area contributed by atoms with Gasteiger partial charge in [0.2, 0.25) is 0 Å². The number of rotatable bonds is 5. The fourth-order valence-electron chi connectivity index (χ4n) is 4.96. The monoisotopic (exact) mass is 534 g/mol. The number of benzene rings is 2. The molecule has 37 heavy (non-hydrogen) atoms. The number of carboxylic acids is 1. The zero-order valence-electron chi connectivity index (χ0n) is 19.4. The minimum absolute atomic E-state index is 0.161. The lowest BCUT2D eigenvalue weighted by Crippen LogP contribution is -2.36. The van der Waals surface area contributed by atoms with Crippen LogP contribution in [-0.4, -0.2) is 62.9 Å². The third kappa shape index (κ3) is 5.42. The van der Waals surface area contributed by atoms with E-state index in [-0.39, 0.29) is 11.8 Å². The van der Waals surface area contributed by atoms with Crippen LogP contribution in [0.3, 0.4) is 0 Å². The van der Waals surface area contributed by atoms with E-state index in [1.54, 1.807) is 24.3 Å². The van der Waals surface area contributed by atoms with Gasteiger partial charge in [-0.3, -0.25) is 4.90 Å². The number of amides is 1. The highest BCUT2D eigenvalue weighted by Gasteiger charge is 2.43. The number of fused-ring (bicyclic) bond motifs is 1. The van der Waals surface area contributed by atoms with E-state index in [9.17, 15) is 22.8 Å². The first-order valence-corrected chi connectivity index (χ1v) is 11.9. The zero-order valence-corrected chi connectivity index (χ0v) is 20.1. The number of carbonyl (C=O) groups excluding carboxylic acids is 1. The summed E-state index contributed by atoms with van der Waals surface area (Å²) in [6.07, 6.45) is -4.48. The summed E-state index contributed by atoms with van der Waals surface area (Å²) in [5, 5.41) is 13.1. The van der Waals surface area contributed by atoms with Gasteiger partial charge in [-0.2, -0.15) is 23.0 Å². The van der Waals surface area contributed by atoms with Gasteiger partial charge in [0.1, 0.15) is 17.1 Å². The van der Waals surface area contributed by atoms with Gasteiger partial charge in [0, 0.05) is 43.9 Å². The van der Waals surface area contributed by atoms with Crippen molar-refractivity contribution in [1.82, 2.24) is 19.6 Å². The molecule has 2 unspecified atom stereocenters. The average molecular weight is 535 g/mol. The molecule has 3 aromatic rings. The van der Waals surface area contributed by atoms with E-state index >= 15 is 0 Å². The maximum absolute atomic E-state index is 13.2. The van der Waals surface area contributed by atoms with Crippen LogP contribution in [0, 0.1) is 11.8 Å². The molecule has 0 spiro atoms. The zero-order chi connectivity index (χ0) is 26.3. The second kappa shape index (κ2) is 9.71. The number of halogens is 4. The van der Waals surface area contributed by atoms with Crippen LogP contribution in [0.1, 0.15) is 21.6 Å². The predicted octanol–water partition coefficient (Wildman–Crippen LogP) is 5.08. The number of ether oxygens (including phenoxy) is 1. The van der Waals surface area contributed by atoms with E-state index in [2.05, 4.69) is 10.00 Å². The summed E-state index contributed by atoms with van der Waals surface area (Å²) in [6.45, 7) is 2.87. The minimum Gasteiger partial charge on any atom is -0.476 e. The van der Waals surface area contributed by atoms with E-state index in [1.807, 2.05) is 24.3 Å². The van der Waals surface area contributed by atoms with E-state index in [4.69, 9.17) is 21.4 Å². The highest BCUT2D eigenvalue weighted by atomic mass is 35.5. The van der Waals surface area contributed by atoms with Crippen LogP contribution in [0.2, 0.25) is 5.02 Å². The van der Waals surface area contributed by atoms with Crippen molar-refractivity contribution in [3.63, 3.8) is 0 Å². The summed E-state index contributed by atoms with van der Waals surface area (Å²) >= 11 is 5.92. The first-order valence-electron chi connectivity index (χ1n) is 11.5. The number of carboxylic acid groups (broad SMARTS) is 1. The van der Waals surface area contributed by atoms with Crippen molar-refractivity contribution < 1.29 is 32.6 Å². The third-order valence-corrected chi connectivity index (χ3v) is 6.86. The SMILES string of the molecule is O=C(O)c1nn(C(=O)N2CC3CN(Cc4cccc(Oc5ccc(Cl)cc5)c4)CC3C2)cc1C(F)(F)F. The standard InChI is InChI=1S/C25H22ClF3N4O4/c26-18-4-6-19(7-5-18)37-20-3-1-2-15(8-20)9-31-10-16-12-32(13-17(16)11-31)24(36)33-14-21(25(27,28)29)22(30-33)23(34)35/h1-8,14,16-17H,9-13H2,(H,34,35). The fraction of sp³-hybridized carbons (Fsp3) is 0.320. The molecule has 2 fully saturated rings. The molecule has 0 aliphatic carbocycles. The molecule has 1 N–H and O–H groups in total. The van der Waals surface area contributed by atoms with Crippen LogP contribution in [0.5, 0.6) is 11.5 Å². The summed E-state index contributed by atoms with van der Waals surface area (Å²) in [5.41, 5.74) is -1.56. The first-order chi connectivity index (χ1) is 17.6. The number of carbonyl (C=O) groups is 2. The van der Waals surface area contributed by atoms with Crippen LogP contribution < -0.4 is 4.74 Å². The summed E-state index contributed by atoms with van der Waals surface area (Å²) in [5.74, 6) is -0.135. The van der Waals surface area contributed by atoms with Gasteiger partial charge in [0.25, 0.3) is 0 Å². The molecule has 3 heterocycles. The van der Waals surface area contributed by atoms with Crippen molar-refractivity contribution in [3.05, 3.63) is 76.6 Å². The fourth-order valence-corrected chi connectivity index (χ4v) is 5.09. The van der Waals surface area contributed by atoms with E-state index in [0.29, 0.717) is 47.0 Å². The normalized spacial score (nSPS) is 19.7. The molecule has 1 amide bonds. The van der Waals surface area contributed by atoms with Crippen molar-refractivity contribution in [2.24, 2.45) is 11.8 Å². The highest BCUT2D eigenvalue weighted by molar-refractivity contribution is 6.30. The molecule has 0 radical (unpaired) electrons. The third-order valence-electron chi connectivity index (χ3n) is 6.60. The topological polar surface area (TPSA) is 87.9 Å². The number of hydrogen-bond donors (Lipinski definition) is 1. The Hall–Kier alpha value is -3.57. The molecule has 8 nitrogen and oxygen atoms in total. The number of hydrogen-bond acceptors (Lipinski definition) is 5. The maximum atomic E-state index is 13.2. The van der Waals surface area contributed by atoms with Crippen LogP contribution in [-0.2, 0) is 12.7 Å². The van der Waals surface area contributed by atoms with Gasteiger partial charge in [-0.25, -0.2) is 9.59 Å². The molecule has 12 heteroatoms. The number of nitrogens with zero attached hydrogens (tertiary/aromatic N) is 4. The van der Waals surface area contributed by atoms with Gasteiger partial charge in [0.05, 0.1) is 0 Å². The second-order valence-electron chi connectivity index (χ2n) is 9.24. The summed E-state index contributed by atoms with van der Waals surface area (Å²) in [6, 6.07) is 14.1. The Labute approximate surface area is 214 Å². The molecule has 194 valence electrons. The van der Waals surface area contributed by atoms with Crippen molar-refractivity contribution >= 4 is 23.6 Å². The van der Waals surface area contributed by atoms with Gasteiger partial charge in [-0.1, -0.05) is 23.7 Å².